The van der Waals surface area contributed by atoms with Crippen molar-refractivity contribution in [1.29, 1.82) is 0 Å². The predicted molar refractivity (Wildman–Crippen MR) is 65.5 cm³/mol. The number of ether oxygens (including phenoxy) is 1. The number of nitrogens with two attached hydrogens (primary N) is 1. The molecule has 4 nitrogen and oxygen atoms in total. The minimum atomic E-state index is 0.497. The Bertz CT molecular complexity index is 388. The van der Waals surface area contributed by atoms with Crippen LogP contribution in [0.4, 0.5) is 5.82 Å². The highest BCUT2D eigenvalue weighted by atomic mass is 16.5. The van der Waals surface area contributed by atoms with Crippen molar-refractivity contribution >= 4 is 5.82 Å². The van der Waals surface area contributed by atoms with Crippen molar-refractivity contribution in [3.05, 3.63) is 23.5 Å². The smallest absolute Gasteiger partial charge is 0.221 e. The minimum absolute atomic E-state index is 0.497. The van der Waals surface area contributed by atoms with Gasteiger partial charge in [-0.25, -0.2) is 4.98 Å². The topological polar surface area (TPSA) is 61.0 Å². The van der Waals surface area contributed by atoms with E-state index in [0.717, 1.165) is 24.0 Å². The van der Waals surface area contributed by atoms with Gasteiger partial charge in [-0.1, -0.05) is 12.5 Å². The summed E-state index contributed by atoms with van der Waals surface area (Å²) in [6.07, 6.45) is 1.58. The Hall–Kier alpha value is -1.58. The number of anilines is 1. The summed E-state index contributed by atoms with van der Waals surface area (Å²) in [5.41, 5.74) is 7.68. The summed E-state index contributed by atoms with van der Waals surface area (Å²) < 4.78 is 5.58. The van der Waals surface area contributed by atoms with Crippen molar-refractivity contribution in [3.63, 3.8) is 0 Å². The first-order valence-electron chi connectivity index (χ1n) is 5.44. The zero-order valence-electron chi connectivity index (χ0n) is 10.2. The first-order chi connectivity index (χ1) is 7.54. The van der Waals surface area contributed by atoms with Gasteiger partial charge in [0.2, 0.25) is 5.88 Å². The highest BCUT2D eigenvalue weighted by Gasteiger charge is 2.08. The Labute approximate surface area is 96.6 Å². The number of aryl methyl sites for hydroxylation is 1. The fraction of sp³-hybridized carbons (Fsp3) is 0.500. The van der Waals surface area contributed by atoms with E-state index in [-0.39, 0.29) is 0 Å². The van der Waals surface area contributed by atoms with Gasteiger partial charge >= 0.3 is 0 Å². The molecule has 0 saturated carbocycles. The second kappa shape index (κ2) is 5.49. The summed E-state index contributed by atoms with van der Waals surface area (Å²) in [4.78, 5) is 8.47. The van der Waals surface area contributed by atoms with Crippen LogP contribution >= 0.6 is 0 Å². The number of nitrogens with zero attached hydrogens (tertiary/aromatic N) is 2. The molecule has 0 spiro atoms. The van der Waals surface area contributed by atoms with Gasteiger partial charge in [-0.05, 0) is 13.8 Å². The van der Waals surface area contributed by atoms with Gasteiger partial charge in [0.25, 0.3) is 0 Å². The molecule has 0 atom stereocenters. The highest BCUT2D eigenvalue weighted by molar-refractivity contribution is 5.44. The lowest BCUT2D eigenvalue weighted by molar-refractivity contribution is 0.305. The summed E-state index contributed by atoms with van der Waals surface area (Å²) in [5.74, 6) is 1.80. The van der Waals surface area contributed by atoms with E-state index in [2.05, 4.69) is 16.5 Å². The summed E-state index contributed by atoms with van der Waals surface area (Å²) in [5, 5.41) is 0. The molecule has 1 heterocycles. The molecule has 0 radical (unpaired) electrons. The molecule has 0 aliphatic carbocycles. The van der Waals surface area contributed by atoms with Crippen molar-refractivity contribution in [2.24, 2.45) is 0 Å². The summed E-state index contributed by atoms with van der Waals surface area (Å²) in [6, 6.07) is 0. The first-order valence-corrected chi connectivity index (χ1v) is 5.44. The van der Waals surface area contributed by atoms with Crippen molar-refractivity contribution in [1.82, 2.24) is 9.97 Å². The average Bonchev–Trinajstić information content (AvgIpc) is 2.23. The first kappa shape index (κ1) is 12.5. The van der Waals surface area contributed by atoms with Gasteiger partial charge in [-0.2, -0.15) is 4.98 Å². The maximum absolute atomic E-state index is 5.78. The maximum atomic E-state index is 5.78. The van der Waals surface area contributed by atoms with Gasteiger partial charge in [0.05, 0.1) is 12.2 Å². The second-order valence-electron chi connectivity index (χ2n) is 3.86. The highest BCUT2D eigenvalue weighted by Crippen LogP contribution is 2.20. The van der Waals surface area contributed by atoms with Crippen molar-refractivity contribution < 1.29 is 4.74 Å². The van der Waals surface area contributed by atoms with Crippen LogP contribution in [0.2, 0.25) is 0 Å². The normalized spacial score (nSPS) is 10.2. The molecule has 1 aromatic rings. The number of hydrogen-bond acceptors (Lipinski definition) is 4. The molecule has 0 unspecified atom stereocenters. The predicted octanol–water partition coefficient (Wildman–Crippen LogP) is 2.27. The molecule has 1 rings (SSSR count). The number of rotatable bonds is 5. The maximum Gasteiger partial charge on any atom is 0.221 e. The SMILES string of the molecule is C=C(C)CCOc1nc(CC)nc(N)c1C. The van der Waals surface area contributed by atoms with Crippen molar-refractivity contribution in [2.45, 2.75) is 33.6 Å². The van der Waals surface area contributed by atoms with Gasteiger partial charge in [0.15, 0.2) is 0 Å². The van der Waals surface area contributed by atoms with E-state index in [0.29, 0.717) is 24.1 Å². The van der Waals surface area contributed by atoms with Crippen LogP contribution < -0.4 is 10.5 Å². The summed E-state index contributed by atoms with van der Waals surface area (Å²) >= 11 is 0. The number of nitrogen functional groups attached to an aromatic ring is 1. The number of aromatic nitrogens is 2. The van der Waals surface area contributed by atoms with Crippen molar-refractivity contribution in [2.75, 3.05) is 12.3 Å². The molecule has 0 saturated heterocycles. The lowest BCUT2D eigenvalue weighted by Gasteiger charge is -2.10. The fourth-order valence-electron chi connectivity index (χ4n) is 1.18. The molecular weight excluding hydrogens is 202 g/mol. The van der Waals surface area contributed by atoms with E-state index >= 15 is 0 Å². The molecule has 88 valence electrons. The average molecular weight is 221 g/mol. The fourth-order valence-corrected chi connectivity index (χ4v) is 1.18. The van der Waals surface area contributed by atoms with E-state index in [9.17, 15) is 0 Å². The summed E-state index contributed by atoms with van der Waals surface area (Å²) in [6.45, 7) is 10.2. The van der Waals surface area contributed by atoms with Gasteiger partial charge in [0, 0.05) is 12.8 Å². The molecule has 1 aromatic heterocycles. The van der Waals surface area contributed by atoms with E-state index in [1.54, 1.807) is 0 Å². The van der Waals surface area contributed by atoms with Gasteiger partial charge in [0.1, 0.15) is 11.6 Å². The van der Waals surface area contributed by atoms with Crippen LogP contribution in [0.1, 0.15) is 31.7 Å². The molecule has 0 bridgehead atoms. The van der Waals surface area contributed by atoms with E-state index in [4.69, 9.17) is 10.5 Å². The molecular formula is C12H19N3O. The third kappa shape index (κ3) is 3.22. The lowest BCUT2D eigenvalue weighted by atomic mass is 10.2. The van der Waals surface area contributed by atoms with Crippen LogP contribution in [0, 0.1) is 6.92 Å². The lowest BCUT2D eigenvalue weighted by Crippen LogP contribution is -2.07. The minimum Gasteiger partial charge on any atom is -0.477 e. The molecule has 4 heteroatoms. The Balaban J connectivity index is 2.78. The monoisotopic (exact) mass is 221 g/mol. The molecule has 16 heavy (non-hydrogen) atoms. The van der Waals surface area contributed by atoms with Crippen LogP contribution in [0.5, 0.6) is 5.88 Å². The Morgan fingerprint density at radius 3 is 2.69 bits per heavy atom. The second-order valence-corrected chi connectivity index (χ2v) is 3.86. The van der Waals surface area contributed by atoms with Gasteiger partial charge in [-0.15, -0.1) is 6.58 Å². The van der Waals surface area contributed by atoms with Crippen LogP contribution in [-0.4, -0.2) is 16.6 Å². The third-order valence-electron chi connectivity index (χ3n) is 2.27. The van der Waals surface area contributed by atoms with Crippen LogP contribution in [0.3, 0.4) is 0 Å². The Morgan fingerprint density at radius 1 is 1.44 bits per heavy atom. The largest absolute Gasteiger partial charge is 0.477 e. The zero-order chi connectivity index (χ0) is 12.1. The van der Waals surface area contributed by atoms with Crippen LogP contribution in [-0.2, 0) is 6.42 Å². The van der Waals surface area contributed by atoms with Gasteiger partial charge in [-0.3, -0.25) is 0 Å². The third-order valence-corrected chi connectivity index (χ3v) is 2.27. The molecule has 2 N–H and O–H groups in total. The Kier molecular flexibility index (Phi) is 4.28. The molecule has 0 fully saturated rings. The van der Waals surface area contributed by atoms with Gasteiger partial charge < -0.3 is 10.5 Å². The molecule has 0 aliphatic heterocycles. The van der Waals surface area contributed by atoms with Crippen LogP contribution in [0.25, 0.3) is 0 Å². The van der Waals surface area contributed by atoms with Crippen LogP contribution in [0.15, 0.2) is 12.2 Å². The van der Waals surface area contributed by atoms with E-state index < -0.39 is 0 Å². The summed E-state index contributed by atoms with van der Waals surface area (Å²) in [7, 11) is 0. The standard InChI is InChI=1S/C12H19N3O/c1-5-10-14-11(13)9(4)12(15-10)16-7-6-8(2)3/h2,5-7H2,1,3-4H3,(H2,13,14,15). The van der Waals surface area contributed by atoms with Crippen molar-refractivity contribution in [3.8, 4) is 5.88 Å². The zero-order valence-corrected chi connectivity index (χ0v) is 10.2. The molecule has 0 aromatic carbocycles. The number of hydrogen-bond donors (Lipinski definition) is 1. The van der Waals surface area contributed by atoms with E-state index in [1.165, 1.54) is 0 Å². The molecule has 0 amide bonds. The van der Waals surface area contributed by atoms with E-state index in [1.807, 2.05) is 20.8 Å². The quantitative estimate of drug-likeness (QED) is 0.775. The Morgan fingerprint density at radius 2 is 2.12 bits per heavy atom. The molecule has 0 aliphatic rings.